The van der Waals surface area contributed by atoms with E-state index >= 15 is 0 Å². The number of carbonyl (C=O) groups is 1. The lowest BCUT2D eigenvalue weighted by atomic mass is 10.3. The third-order valence-electron chi connectivity index (χ3n) is 2.31. The number of nitrogens with zero attached hydrogens (tertiary/aromatic N) is 2. The molecule has 9 heteroatoms. The Kier molecular flexibility index (Phi) is 4.92. The Morgan fingerprint density at radius 2 is 2.11 bits per heavy atom. The van der Waals surface area contributed by atoms with Crippen LogP contribution < -0.4 is 11.5 Å². The van der Waals surface area contributed by atoms with Crippen LogP contribution in [0.3, 0.4) is 0 Å². The summed E-state index contributed by atoms with van der Waals surface area (Å²) in [6.45, 7) is 1.28. The largest absolute Gasteiger partial charge is 0.388 e. The van der Waals surface area contributed by atoms with Crippen LogP contribution in [0.25, 0.3) is 0 Å². The molecule has 0 spiro atoms. The van der Waals surface area contributed by atoms with Crippen molar-refractivity contribution in [2.45, 2.75) is 11.8 Å². The molecule has 0 unspecified atom stereocenters. The number of hydrogen-bond acceptors (Lipinski definition) is 5. The van der Waals surface area contributed by atoms with Gasteiger partial charge in [-0.1, -0.05) is 19.1 Å². The zero-order valence-corrected chi connectivity index (χ0v) is 11.9. The number of thiocarbonyl (C=S) groups is 1. The average Bonchev–Trinajstić information content (AvgIpc) is 2.35. The van der Waals surface area contributed by atoms with Crippen LogP contribution in [0.15, 0.2) is 23.2 Å². The van der Waals surface area contributed by atoms with Crippen LogP contribution in [0.5, 0.6) is 0 Å². The number of pyridine rings is 1. The van der Waals surface area contributed by atoms with Crippen molar-refractivity contribution in [1.82, 2.24) is 9.29 Å². The minimum atomic E-state index is -3.92. The molecule has 1 amide bonds. The maximum Gasteiger partial charge on any atom is 0.245 e. The highest BCUT2D eigenvalue weighted by molar-refractivity contribution is 7.89. The van der Waals surface area contributed by atoms with E-state index in [4.69, 9.17) is 23.7 Å². The molecule has 0 bridgehead atoms. The van der Waals surface area contributed by atoms with Gasteiger partial charge in [0.2, 0.25) is 15.9 Å². The zero-order valence-electron chi connectivity index (χ0n) is 10.2. The van der Waals surface area contributed by atoms with Gasteiger partial charge in [0.05, 0.1) is 6.54 Å². The predicted molar refractivity (Wildman–Crippen MR) is 73.8 cm³/mol. The molecule has 0 aliphatic rings. The summed E-state index contributed by atoms with van der Waals surface area (Å²) in [5.74, 6) is -0.744. The lowest BCUT2D eigenvalue weighted by molar-refractivity contribution is -0.118. The van der Waals surface area contributed by atoms with Crippen molar-refractivity contribution >= 4 is 33.1 Å². The normalized spacial score (nSPS) is 11.5. The number of primary amides is 1. The molecular weight excluding hydrogens is 288 g/mol. The number of rotatable bonds is 6. The molecule has 4 N–H and O–H groups in total. The molecule has 7 nitrogen and oxygen atoms in total. The first-order valence-corrected chi connectivity index (χ1v) is 7.18. The molecule has 1 aromatic rings. The van der Waals surface area contributed by atoms with Crippen LogP contribution >= 0.6 is 12.2 Å². The Morgan fingerprint density at radius 3 is 2.58 bits per heavy atom. The number of carbonyl (C=O) groups excluding carboxylic acids is 1. The van der Waals surface area contributed by atoms with E-state index in [0.29, 0.717) is 0 Å². The Bertz CT molecular complexity index is 601. The molecular formula is C10H14N4O3S2. The third-order valence-corrected chi connectivity index (χ3v) is 4.45. The fourth-order valence-electron chi connectivity index (χ4n) is 1.46. The lowest BCUT2D eigenvalue weighted by Crippen LogP contribution is -2.39. The fourth-order valence-corrected chi connectivity index (χ4v) is 3.26. The molecule has 0 radical (unpaired) electrons. The van der Waals surface area contributed by atoms with Crippen LogP contribution in [0.4, 0.5) is 0 Å². The first kappa shape index (κ1) is 15.5. The highest BCUT2D eigenvalue weighted by atomic mass is 32.2. The van der Waals surface area contributed by atoms with Crippen LogP contribution in [0.2, 0.25) is 0 Å². The second-order valence-electron chi connectivity index (χ2n) is 3.61. The number of sulfonamides is 1. The summed E-state index contributed by atoms with van der Waals surface area (Å²) in [4.78, 5) is 14.5. The third kappa shape index (κ3) is 3.46. The van der Waals surface area contributed by atoms with E-state index in [2.05, 4.69) is 4.98 Å². The number of likely N-dealkylation sites (N-methyl/N-ethyl adjacent to an activating group) is 1. The number of aromatic nitrogens is 1. The topological polar surface area (TPSA) is 119 Å². The Labute approximate surface area is 116 Å². The molecule has 0 saturated heterocycles. The van der Waals surface area contributed by atoms with E-state index < -0.39 is 22.5 Å². The summed E-state index contributed by atoms with van der Waals surface area (Å²) in [7, 11) is -3.92. The van der Waals surface area contributed by atoms with Crippen molar-refractivity contribution in [1.29, 1.82) is 0 Å². The minimum Gasteiger partial charge on any atom is -0.388 e. The highest BCUT2D eigenvalue weighted by Gasteiger charge is 2.28. The molecule has 0 fully saturated rings. The molecule has 104 valence electrons. The SMILES string of the molecule is CCN(CC(N)=O)S(=O)(=O)c1cccnc1C(N)=S. The van der Waals surface area contributed by atoms with E-state index in [1.165, 1.54) is 18.3 Å². The summed E-state index contributed by atoms with van der Waals surface area (Å²) < 4.78 is 25.7. The van der Waals surface area contributed by atoms with Crippen molar-refractivity contribution in [3.8, 4) is 0 Å². The number of hydrogen-bond donors (Lipinski definition) is 2. The van der Waals surface area contributed by atoms with Gasteiger partial charge in [-0.25, -0.2) is 8.42 Å². The van der Waals surface area contributed by atoms with Gasteiger partial charge in [0.25, 0.3) is 0 Å². The molecule has 0 aliphatic carbocycles. The van der Waals surface area contributed by atoms with E-state index in [1.807, 2.05) is 0 Å². The minimum absolute atomic E-state index is 0.000389. The quantitative estimate of drug-likeness (QED) is 0.665. The van der Waals surface area contributed by atoms with Gasteiger partial charge in [0.1, 0.15) is 15.6 Å². The lowest BCUT2D eigenvalue weighted by Gasteiger charge is -2.19. The highest BCUT2D eigenvalue weighted by Crippen LogP contribution is 2.18. The van der Waals surface area contributed by atoms with Crippen molar-refractivity contribution in [2.24, 2.45) is 11.5 Å². The summed E-state index contributed by atoms with van der Waals surface area (Å²) in [5.41, 5.74) is 10.5. The summed E-state index contributed by atoms with van der Waals surface area (Å²) >= 11 is 4.77. The second-order valence-corrected chi connectivity index (χ2v) is 5.96. The summed E-state index contributed by atoms with van der Waals surface area (Å²) in [6, 6.07) is 2.78. The van der Waals surface area contributed by atoms with Gasteiger partial charge < -0.3 is 11.5 Å². The van der Waals surface area contributed by atoms with Gasteiger partial charge in [-0.05, 0) is 12.1 Å². The molecule has 1 heterocycles. The fraction of sp³-hybridized carbons (Fsp3) is 0.300. The maximum atomic E-state index is 12.4. The average molecular weight is 302 g/mol. The van der Waals surface area contributed by atoms with Gasteiger partial charge in [-0.3, -0.25) is 9.78 Å². The summed E-state index contributed by atoms with van der Waals surface area (Å²) in [5, 5.41) is 0. The molecule has 19 heavy (non-hydrogen) atoms. The molecule has 0 saturated carbocycles. The van der Waals surface area contributed by atoms with Gasteiger partial charge in [-0.15, -0.1) is 0 Å². The standard InChI is InChI=1S/C10H14N4O3S2/c1-2-14(6-8(11)15)19(16,17)7-4-3-5-13-9(7)10(12)18/h3-5H,2,6H2,1H3,(H2,11,15)(H2,12,18). The molecule has 1 rings (SSSR count). The van der Waals surface area contributed by atoms with Crippen molar-refractivity contribution < 1.29 is 13.2 Å². The molecule has 0 atom stereocenters. The van der Waals surface area contributed by atoms with Crippen LogP contribution in [0.1, 0.15) is 12.6 Å². The van der Waals surface area contributed by atoms with Crippen LogP contribution in [0, 0.1) is 0 Å². The van der Waals surface area contributed by atoms with E-state index in [1.54, 1.807) is 6.92 Å². The van der Waals surface area contributed by atoms with Crippen LogP contribution in [-0.2, 0) is 14.8 Å². The van der Waals surface area contributed by atoms with Gasteiger partial charge >= 0.3 is 0 Å². The van der Waals surface area contributed by atoms with E-state index in [0.717, 1.165) is 4.31 Å². The van der Waals surface area contributed by atoms with Crippen LogP contribution in [-0.4, -0.2) is 41.7 Å². The molecule has 0 aliphatic heterocycles. The Morgan fingerprint density at radius 1 is 1.47 bits per heavy atom. The van der Waals surface area contributed by atoms with Crippen molar-refractivity contribution in [2.75, 3.05) is 13.1 Å². The Hall–Kier alpha value is -1.58. The predicted octanol–water partition coefficient (Wildman–Crippen LogP) is -0.788. The van der Waals surface area contributed by atoms with E-state index in [-0.39, 0.29) is 22.1 Å². The monoisotopic (exact) mass is 302 g/mol. The van der Waals surface area contributed by atoms with Gasteiger partial charge in [0.15, 0.2) is 0 Å². The zero-order chi connectivity index (χ0) is 14.6. The molecule has 0 aromatic carbocycles. The molecule has 1 aromatic heterocycles. The number of amides is 1. The first-order chi connectivity index (χ1) is 8.80. The van der Waals surface area contributed by atoms with Crippen molar-refractivity contribution in [3.05, 3.63) is 24.0 Å². The smallest absolute Gasteiger partial charge is 0.245 e. The maximum absolute atomic E-state index is 12.4. The summed E-state index contributed by atoms with van der Waals surface area (Å²) in [6.07, 6.45) is 1.39. The first-order valence-electron chi connectivity index (χ1n) is 5.34. The second kappa shape index (κ2) is 6.04. The van der Waals surface area contributed by atoms with E-state index in [9.17, 15) is 13.2 Å². The van der Waals surface area contributed by atoms with Gasteiger partial charge in [0, 0.05) is 12.7 Å². The van der Waals surface area contributed by atoms with Gasteiger partial charge in [-0.2, -0.15) is 4.31 Å². The number of nitrogens with two attached hydrogens (primary N) is 2. The van der Waals surface area contributed by atoms with Crippen molar-refractivity contribution in [3.63, 3.8) is 0 Å². The Balaban J connectivity index is 3.34.